The molecule has 1 fully saturated rings. The van der Waals surface area contributed by atoms with Crippen molar-refractivity contribution < 1.29 is 0 Å². The predicted octanol–water partition coefficient (Wildman–Crippen LogP) is 4.43. The summed E-state index contributed by atoms with van der Waals surface area (Å²) in [4.78, 5) is 9.39. The van der Waals surface area contributed by atoms with Gasteiger partial charge in [-0.1, -0.05) is 13.8 Å². The van der Waals surface area contributed by atoms with E-state index in [0.29, 0.717) is 11.8 Å². The van der Waals surface area contributed by atoms with Crippen LogP contribution in [0, 0.1) is 19.8 Å². The molecule has 0 saturated heterocycles. The summed E-state index contributed by atoms with van der Waals surface area (Å²) in [6.45, 7) is 8.47. The van der Waals surface area contributed by atoms with Crippen molar-refractivity contribution in [1.82, 2.24) is 19.6 Å². The SMILES string of the molecule is Cc1ccnc([C@H](Nc2cc(C(C)C)nc3cc(C)nn23)C2CC2)c1. The molecule has 0 bridgehead atoms. The van der Waals surface area contributed by atoms with Gasteiger partial charge in [0.05, 0.1) is 17.4 Å². The van der Waals surface area contributed by atoms with Gasteiger partial charge < -0.3 is 5.32 Å². The quantitative estimate of drug-likeness (QED) is 0.749. The van der Waals surface area contributed by atoms with Gasteiger partial charge in [0.2, 0.25) is 0 Å². The van der Waals surface area contributed by atoms with Crippen LogP contribution in [0.4, 0.5) is 5.82 Å². The van der Waals surface area contributed by atoms with E-state index in [2.05, 4.69) is 48.3 Å². The first-order chi connectivity index (χ1) is 12.0. The van der Waals surface area contributed by atoms with E-state index >= 15 is 0 Å². The van der Waals surface area contributed by atoms with Crippen molar-refractivity contribution in [3.05, 3.63) is 53.1 Å². The molecule has 5 heteroatoms. The zero-order chi connectivity index (χ0) is 17.6. The number of anilines is 1. The molecule has 4 rings (SSSR count). The number of aromatic nitrogens is 4. The number of nitrogens with zero attached hydrogens (tertiary/aromatic N) is 4. The molecule has 1 saturated carbocycles. The van der Waals surface area contributed by atoms with Crippen LogP contribution in [0.2, 0.25) is 0 Å². The van der Waals surface area contributed by atoms with Crippen LogP contribution in [0.25, 0.3) is 5.65 Å². The topological polar surface area (TPSA) is 55.1 Å². The summed E-state index contributed by atoms with van der Waals surface area (Å²) >= 11 is 0. The highest BCUT2D eigenvalue weighted by atomic mass is 15.3. The molecule has 0 unspecified atom stereocenters. The molecule has 1 aliphatic carbocycles. The molecule has 1 atom stereocenters. The molecule has 0 spiro atoms. The van der Waals surface area contributed by atoms with E-state index < -0.39 is 0 Å². The van der Waals surface area contributed by atoms with Gasteiger partial charge in [-0.25, -0.2) is 4.98 Å². The highest BCUT2D eigenvalue weighted by Crippen LogP contribution is 2.42. The largest absolute Gasteiger partial charge is 0.361 e. The zero-order valence-electron chi connectivity index (χ0n) is 15.3. The number of fused-ring (bicyclic) bond motifs is 1. The van der Waals surface area contributed by atoms with Crippen molar-refractivity contribution in [2.45, 2.75) is 52.5 Å². The minimum Gasteiger partial charge on any atom is -0.361 e. The minimum absolute atomic E-state index is 0.218. The second kappa shape index (κ2) is 6.14. The summed E-state index contributed by atoms with van der Waals surface area (Å²) in [7, 11) is 0. The van der Waals surface area contributed by atoms with Gasteiger partial charge >= 0.3 is 0 Å². The number of hydrogen-bond acceptors (Lipinski definition) is 4. The first-order valence-corrected chi connectivity index (χ1v) is 9.07. The lowest BCUT2D eigenvalue weighted by molar-refractivity contribution is 0.648. The van der Waals surface area contributed by atoms with Crippen molar-refractivity contribution >= 4 is 11.5 Å². The molecule has 3 aromatic heterocycles. The van der Waals surface area contributed by atoms with Gasteiger partial charge in [-0.15, -0.1) is 0 Å². The van der Waals surface area contributed by atoms with Gasteiger partial charge in [-0.3, -0.25) is 4.98 Å². The summed E-state index contributed by atoms with van der Waals surface area (Å²) in [6, 6.07) is 8.62. The lowest BCUT2D eigenvalue weighted by Gasteiger charge is -2.21. The number of nitrogens with one attached hydrogen (secondary N) is 1. The molecule has 3 aromatic rings. The zero-order valence-corrected chi connectivity index (χ0v) is 15.3. The van der Waals surface area contributed by atoms with E-state index in [1.807, 2.05) is 29.8 Å². The highest BCUT2D eigenvalue weighted by molar-refractivity contribution is 5.52. The van der Waals surface area contributed by atoms with Gasteiger partial charge in [0.1, 0.15) is 5.82 Å². The lowest BCUT2D eigenvalue weighted by Crippen LogP contribution is -2.17. The van der Waals surface area contributed by atoms with Crippen molar-refractivity contribution in [2.24, 2.45) is 5.92 Å². The standard InChI is InChI=1S/C20H25N5/c1-12(2)16-11-19(25-18(22-16)10-14(4)24-25)23-20(15-5-6-15)17-9-13(3)7-8-21-17/h7-12,15,20,23H,5-6H2,1-4H3/t20-/m1/s1. The molecule has 0 aliphatic heterocycles. The van der Waals surface area contributed by atoms with E-state index in [9.17, 15) is 0 Å². The van der Waals surface area contributed by atoms with Gasteiger partial charge in [0.25, 0.3) is 0 Å². The Balaban J connectivity index is 1.77. The van der Waals surface area contributed by atoms with Crippen molar-refractivity contribution in [1.29, 1.82) is 0 Å². The number of rotatable bonds is 5. The Morgan fingerprint density at radius 1 is 1.12 bits per heavy atom. The van der Waals surface area contributed by atoms with E-state index in [4.69, 9.17) is 4.98 Å². The summed E-state index contributed by atoms with van der Waals surface area (Å²) in [5.74, 6) is 2.01. The molecule has 130 valence electrons. The Morgan fingerprint density at radius 3 is 2.60 bits per heavy atom. The first-order valence-electron chi connectivity index (χ1n) is 9.07. The Morgan fingerprint density at radius 2 is 1.92 bits per heavy atom. The van der Waals surface area contributed by atoms with Crippen LogP contribution in [0.15, 0.2) is 30.5 Å². The molecule has 1 aliphatic rings. The molecule has 0 amide bonds. The maximum absolute atomic E-state index is 4.76. The summed E-state index contributed by atoms with van der Waals surface area (Å²) < 4.78 is 1.92. The fourth-order valence-corrected chi connectivity index (χ4v) is 3.26. The Bertz CT molecular complexity index is 908. The first kappa shape index (κ1) is 16.1. The van der Waals surface area contributed by atoms with Crippen molar-refractivity contribution in [2.75, 3.05) is 5.32 Å². The molecular weight excluding hydrogens is 310 g/mol. The fourth-order valence-electron chi connectivity index (χ4n) is 3.26. The molecule has 25 heavy (non-hydrogen) atoms. The summed E-state index contributed by atoms with van der Waals surface area (Å²) in [5.41, 5.74) is 5.32. The van der Waals surface area contributed by atoms with Crippen LogP contribution in [-0.2, 0) is 0 Å². The third-order valence-corrected chi connectivity index (χ3v) is 4.81. The van der Waals surface area contributed by atoms with E-state index in [1.54, 1.807) is 0 Å². The third kappa shape index (κ3) is 3.23. The minimum atomic E-state index is 0.218. The molecule has 0 aromatic carbocycles. The smallest absolute Gasteiger partial charge is 0.157 e. The average Bonchev–Trinajstić information content (AvgIpc) is 3.32. The van der Waals surface area contributed by atoms with Crippen LogP contribution in [-0.4, -0.2) is 19.6 Å². The van der Waals surface area contributed by atoms with Crippen LogP contribution >= 0.6 is 0 Å². The van der Waals surface area contributed by atoms with Gasteiger partial charge in [0.15, 0.2) is 5.65 Å². The van der Waals surface area contributed by atoms with Crippen molar-refractivity contribution in [3.8, 4) is 0 Å². The Labute approximate surface area is 148 Å². The van der Waals surface area contributed by atoms with Gasteiger partial charge in [-0.05, 0) is 56.2 Å². The molecule has 0 radical (unpaired) electrons. The molecule has 5 nitrogen and oxygen atoms in total. The van der Waals surface area contributed by atoms with E-state index in [0.717, 1.165) is 28.5 Å². The summed E-state index contributed by atoms with van der Waals surface area (Å²) in [5, 5.41) is 8.36. The summed E-state index contributed by atoms with van der Waals surface area (Å²) in [6.07, 6.45) is 4.40. The Hall–Kier alpha value is -2.43. The lowest BCUT2D eigenvalue weighted by atomic mass is 10.1. The van der Waals surface area contributed by atoms with Crippen LogP contribution in [0.5, 0.6) is 0 Å². The van der Waals surface area contributed by atoms with Crippen LogP contribution < -0.4 is 5.32 Å². The Kier molecular flexibility index (Phi) is 3.94. The van der Waals surface area contributed by atoms with Crippen LogP contribution in [0.3, 0.4) is 0 Å². The maximum Gasteiger partial charge on any atom is 0.157 e. The predicted molar refractivity (Wildman–Crippen MR) is 99.9 cm³/mol. The third-order valence-electron chi connectivity index (χ3n) is 4.81. The van der Waals surface area contributed by atoms with Gasteiger partial charge in [0, 0.05) is 24.0 Å². The van der Waals surface area contributed by atoms with Crippen LogP contribution in [0.1, 0.15) is 61.3 Å². The molecule has 1 N–H and O–H groups in total. The number of pyridine rings is 1. The fraction of sp³-hybridized carbons (Fsp3) is 0.450. The highest BCUT2D eigenvalue weighted by Gasteiger charge is 2.34. The molecule has 3 heterocycles. The normalized spacial score (nSPS) is 15.7. The maximum atomic E-state index is 4.76. The molecular formula is C20H25N5. The van der Waals surface area contributed by atoms with Crippen molar-refractivity contribution in [3.63, 3.8) is 0 Å². The average molecular weight is 335 g/mol. The van der Waals surface area contributed by atoms with E-state index in [-0.39, 0.29) is 6.04 Å². The number of hydrogen-bond donors (Lipinski definition) is 1. The second-order valence-corrected chi connectivity index (χ2v) is 7.49. The second-order valence-electron chi connectivity index (χ2n) is 7.49. The number of aryl methyl sites for hydroxylation is 2. The monoisotopic (exact) mass is 335 g/mol. The van der Waals surface area contributed by atoms with Gasteiger partial charge in [-0.2, -0.15) is 9.61 Å². The van der Waals surface area contributed by atoms with E-state index in [1.165, 1.54) is 18.4 Å².